The molecule has 0 aliphatic rings. The van der Waals surface area contributed by atoms with E-state index in [4.69, 9.17) is 17.3 Å². The smallest absolute Gasteiger partial charge is 0.0462 e. The van der Waals surface area contributed by atoms with Gasteiger partial charge in [-0.15, -0.1) is 0 Å². The molecule has 82 valence electrons. The van der Waals surface area contributed by atoms with E-state index < -0.39 is 0 Å². The van der Waals surface area contributed by atoms with Crippen LogP contribution in [0, 0.1) is 0 Å². The Hall–Kier alpha value is -1.03. The molecule has 0 unspecified atom stereocenters. The first kappa shape index (κ1) is 11.5. The Labute approximate surface area is 104 Å². The summed E-state index contributed by atoms with van der Waals surface area (Å²) in [4.78, 5) is 6.23. The summed E-state index contributed by atoms with van der Waals surface area (Å²) in [6.07, 6.45) is 3.55. The molecule has 0 radical (unpaired) electrons. The molecule has 0 bridgehead atoms. The number of pyridine rings is 1. The molecule has 0 atom stereocenters. The van der Waals surface area contributed by atoms with Crippen molar-refractivity contribution in [1.29, 1.82) is 0 Å². The van der Waals surface area contributed by atoms with Crippen molar-refractivity contribution >= 4 is 23.4 Å². The molecule has 1 aromatic carbocycles. The first-order valence-electron chi connectivity index (χ1n) is 4.86. The van der Waals surface area contributed by atoms with Crippen molar-refractivity contribution in [3.63, 3.8) is 0 Å². The second-order valence-corrected chi connectivity index (χ2v) is 4.80. The summed E-state index contributed by atoms with van der Waals surface area (Å²) >= 11 is 7.75. The van der Waals surface area contributed by atoms with Crippen LogP contribution in [0.5, 0.6) is 0 Å². The van der Waals surface area contributed by atoms with E-state index >= 15 is 0 Å². The quantitative estimate of drug-likeness (QED) is 0.908. The highest BCUT2D eigenvalue weighted by Gasteiger charge is 2.01. The zero-order valence-corrected chi connectivity index (χ0v) is 10.1. The average molecular weight is 251 g/mol. The van der Waals surface area contributed by atoms with Gasteiger partial charge in [0.2, 0.25) is 0 Å². The number of hydrogen-bond acceptors (Lipinski definition) is 3. The Kier molecular flexibility index (Phi) is 3.83. The van der Waals surface area contributed by atoms with E-state index in [0.717, 1.165) is 20.4 Å². The number of benzene rings is 1. The lowest BCUT2D eigenvalue weighted by Gasteiger charge is -2.05. The summed E-state index contributed by atoms with van der Waals surface area (Å²) in [5.41, 5.74) is 6.53. The van der Waals surface area contributed by atoms with E-state index in [2.05, 4.69) is 4.98 Å². The Balaban J connectivity index is 2.20. The number of hydrogen-bond donors (Lipinski definition) is 1. The number of nitrogens with two attached hydrogens (primary N) is 1. The maximum absolute atomic E-state index is 6.09. The lowest BCUT2D eigenvalue weighted by atomic mass is 10.2. The van der Waals surface area contributed by atoms with Gasteiger partial charge >= 0.3 is 0 Å². The summed E-state index contributed by atoms with van der Waals surface area (Å²) in [5, 5.41) is 0.724. The van der Waals surface area contributed by atoms with Gasteiger partial charge in [0.1, 0.15) is 0 Å². The highest BCUT2D eigenvalue weighted by Crippen LogP contribution is 2.30. The highest BCUT2D eigenvalue weighted by atomic mass is 35.5. The number of rotatable bonds is 3. The molecule has 0 saturated carbocycles. The molecule has 0 aliphatic carbocycles. The van der Waals surface area contributed by atoms with E-state index in [1.165, 1.54) is 0 Å². The summed E-state index contributed by atoms with van der Waals surface area (Å²) < 4.78 is 0. The molecule has 2 rings (SSSR count). The third-order valence-corrected chi connectivity index (χ3v) is 3.48. The highest BCUT2D eigenvalue weighted by molar-refractivity contribution is 7.99. The largest absolute Gasteiger partial charge is 0.326 e. The predicted octanol–water partition coefficient (Wildman–Crippen LogP) is 3.34. The van der Waals surface area contributed by atoms with Crippen molar-refractivity contribution in [3.05, 3.63) is 53.3 Å². The van der Waals surface area contributed by atoms with Crippen LogP contribution in [-0.2, 0) is 6.54 Å². The molecule has 2 N–H and O–H groups in total. The van der Waals surface area contributed by atoms with Crippen molar-refractivity contribution in [2.75, 3.05) is 0 Å². The van der Waals surface area contributed by atoms with Crippen molar-refractivity contribution in [3.8, 4) is 0 Å². The predicted molar refractivity (Wildman–Crippen MR) is 67.7 cm³/mol. The van der Waals surface area contributed by atoms with Gasteiger partial charge in [-0.05, 0) is 29.8 Å². The lowest BCUT2D eigenvalue weighted by molar-refractivity contribution is 1.07. The van der Waals surface area contributed by atoms with Gasteiger partial charge in [0, 0.05) is 33.8 Å². The van der Waals surface area contributed by atoms with E-state index in [1.54, 1.807) is 24.2 Å². The summed E-state index contributed by atoms with van der Waals surface area (Å²) in [7, 11) is 0. The first-order chi connectivity index (χ1) is 7.79. The van der Waals surface area contributed by atoms with Crippen LogP contribution in [-0.4, -0.2) is 4.98 Å². The van der Waals surface area contributed by atoms with Crippen molar-refractivity contribution < 1.29 is 0 Å². The van der Waals surface area contributed by atoms with Crippen LogP contribution in [0.2, 0.25) is 5.02 Å². The van der Waals surface area contributed by atoms with Crippen LogP contribution in [0.15, 0.2) is 52.5 Å². The normalized spacial score (nSPS) is 10.4. The molecule has 0 aliphatic heterocycles. The van der Waals surface area contributed by atoms with Crippen molar-refractivity contribution in [2.45, 2.75) is 16.3 Å². The van der Waals surface area contributed by atoms with E-state index in [0.29, 0.717) is 6.54 Å². The topological polar surface area (TPSA) is 38.9 Å². The summed E-state index contributed by atoms with van der Waals surface area (Å²) in [5.74, 6) is 0. The molecule has 0 spiro atoms. The van der Waals surface area contributed by atoms with Crippen LogP contribution in [0.3, 0.4) is 0 Å². The summed E-state index contributed by atoms with van der Waals surface area (Å²) in [6.45, 7) is 0.471. The minimum absolute atomic E-state index is 0.471. The van der Waals surface area contributed by atoms with Crippen molar-refractivity contribution in [1.82, 2.24) is 4.98 Å². The number of nitrogens with zero attached hydrogens (tertiary/aromatic N) is 1. The zero-order chi connectivity index (χ0) is 11.4. The van der Waals surface area contributed by atoms with Gasteiger partial charge < -0.3 is 5.73 Å². The first-order valence-corrected chi connectivity index (χ1v) is 6.05. The van der Waals surface area contributed by atoms with Crippen molar-refractivity contribution in [2.24, 2.45) is 5.73 Å². The van der Waals surface area contributed by atoms with Gasteiger partial charge in [-0.1, -0.05) is 29.4 Å². The monoisotopic (exact) mass is 250 g/mol. The molecule has 0 fully saturated rings. The molecular weight excluding hydrogens is 240 g/mol. The average Bonchev–Trinajstić information content (AvgIpc) is 2.31. The van der Waals surface area contributed by atoms with Crippen LogP contribution in [0.4, 0.5) is 0 Å². The van der Waals surface area contributed by atoms with Gasteiger partial charge in [-0.25, -0.2) is 0 Å². The molecule has 0 amide bonds. The lowest BCUT2D eigenvalue weighted by Crippen LogP contribution is -1.96. The summed E-state index contributed by atoms with van der Waals surface area (Å²) in [6, 6.07) is 9.87. The van der Waals surface area contributed by atoms with E-state index in [-0.39, 0.29) is 0 Å². The van der Waals surface area contributed by atoms with Gasteiger partial charge in [-0.2, -0.15) is 0 Å². The van der Waals surface area contributed by atoms with Crippen LogP contribution in [0.1, 0.15) is 5.56 Å². The molecular formula is C12H11ClN2S. The minimum Gasteiger partial charge on any atom is -0.326 e. The number of aromatic nitrogens is 1. The fourth-order valence-corrected chi connectivity index (χ4v) is 2.46. The molecule has 1 heterocycles. The van der Waals surface area contributed by atoms with Gasteiger partial charge in [-0.3, -0.25) is 4.98 Å². The number of halogens is 1. The van der Waals surface area contributed by atoms with Crippen LogP contribution >= 0.6 is 23.4 Å². The Bertz CT molecular complexity index is 474. The van der Waals surface area contributed by atoms with E-state index in [9.17, 15) is 0 Å². The molecule has 0 saturated heterocycles. The Morgan fingerprint density at radius 2 is 1.88 bits per heavy atom. The third-order valence-electron chi connectivity index (χ3n) is 2.13. The maximum Gasteiger partial charge on any atom is 0.0462 e. The zero-order valence-electron chi connectivity index (χ0n) is 8.56. The minimum atomic E-state index is 0.471. The molecule has 1 aromatic heterocycles. The van der Waals surface area contributed by atoms with Crippen LogP contribution < -0.4 is 5.73 Å². The Morgan fingerprint density at radius 3 is 2.50 bits per heavy atom. The second-order valence-electron chi connectivity index (χ2n) is 3.24. The molecule has 4 heteroatoms. The SMILES string of the molecule is NCc1ccc(Sc2ccncc2)cc1Cl. The van der Waals surface area contributed by atoms with Gasteiger partial charge in [0.25, 0.3) is 0 Å². The molecule has 2 nitrogen and oxygen atoms in total. The molecule has 2 aromatic rings. The standard InChI is InChI=1S/C12H11ClN2S/c13-12-7-11(2-1-9(12)8-14)16-10-3-5-15-6-4-10/h1-7H,8,14H2. The molecule has 16 heavy (non-hydrogen) atoms. The fraction of sp³-hybridized carbons (Fsp3) is 0.0833. The fourth-order valence-electron chi connectivity index (χ4n) is 1.30. The van der Waals surface area contributed by atoms with Gasteiger partial charge in [0.05, 0.1) is 0 Å². The second kappa shape index (κ2) is 5.34. The van der Waals surface area contributed by atoms with Gasteiger partial charge in [0.15, 0.2) is 0 Å². The Morgan fingerprint density at radius 1 is 1.12 bits per heavy atom. The van der Waals surface area contributed by atoms with E-state index in [1.807, 2.05) is 30.3 Å². The van der Waals surface area contributed by atoms with Crippen LogP contribution in [0.25, 0.3) is 0 Å². The third kappa shape index (κ3) is 2.76. The maximum atomic E-state index is 6.09.